The predicted octanol–water partition coefficient (Wildman–Crippen LogP) is 1.33. The lowest BCUT2D eigenvalue weighted by molar-refractivity contribution is 0.112. The first-order valence-corrected chi connectivity index (χ1v) is 5.29. The van der Waals surface area contributed by atoms with E-state index in [4.69, 9.17) is 4.42 Å². The Bertz CT molecular complexity index is 794. The zero-order valence-corrected chi connectivity index (χ0v) is 9.51. The van der Waals surface area contributed by atoms with Crippen molar-refractivity contribution in [1.82, 2.24) is 14.8 Å². The van der Waals surface area contributed by atoms with E-state index in [1.165, 1.54) is 10.8 Å². The summed E-state index contributed by atoms with van der Waals surface area (Å²) >= 11 is 0. The first kappa shape index (κ1) is 10.5. The maximum Gasteiger partial charge on any atom is 0.419 e. The number of nitrogens with one attached hydrogen (secondary N) is 1. The molecule has 6 nitrogen and oxygen atoms in total. The second-order valence-electron chi connectivity index (χ2n) is 3.93. The van der Waals surface area contributed by atoms with E-state index in [0.29, 0.717) is 22.4 Å². The van der Waals surface area contributed by atoms with Crippen LogP contribution in [0.25, 0.3) is 22.4 Å². The van der Waals surface area contributed by atoms with Crippen LogP contribution in [0.3, 0.4) is 0 Å². The summed E-state index contributed by atoms with van der Waals surface area (Å²) in [6, 6.07) is 5.28. The SMILES string of the molecule is Cn1c(=O)oc2cc(-c3[nH]ncc3C=O)ccc21. The maximum atomic E-state index is 11.4. The highest BCUT2D eigenvalue weighted by Crippen LogP contribution is 2.24. The van der Waals surface area contributed by atoms with Gasteiger partial charge in [0, 0.05) is 12.6 Å². The normalized spacial score (nSPS) is 10.9. The Balaban J connectivity index is 2.25. The van der Waals surface area contributed by atoms with Gasteiger partial charge in [-0.2, -0.15) is 5.10 Å². The van der Waals surface area contributed by atoms with E-state index in [-0.39, 0.29) is 0 Å². The van der Waals surface area contributed by atoms with Gasteiger partial charge in [0.2, 0.25) is 0 Å². The molecule has 0 aliphatic heterocycles. The lowest BCUT2D eigenvalue weighted by Gasteiger charge is -1.99. The van der Waals surface area contributed by atoms with Crippen molar-refractivity contribution in [3.63, 3.8) is 0 Å². The Hall–Kier alpha value is -2.63. The molecule has 0 saturated carbocycles. The van der Waals surface area contributed by atoms with Crippen LogP contribution in [0.15, 0.2) is 33.6 Å². The third kappa shape index (κ3) is 1.39. The van der Waals surface area contributed by atoms with E-state index in [1.54, 1.807) is 25.2 Å². The second-order valence-corrected chi connectivity index (χ2v) is 3.93. The van der Waals surface area contributed by atoms with Crippen LogP contribution in [-0.4, -0.2) is 21.1 Å². The third-order valence-electron chi connectivity index (χ3n) is 2.88. The summed E-state index contributed by atoms with van der Waals surface area (Å²) in [6.45, 7) is 0. The van der Waals surface area contributed by atoms with E-state index in [2.05, 4.69) is 10.2 Å². The standard InChI is InChI=1S/C12H9N3O3/c1-15-9-3-2-7(4-10(9)18-12(15)17)11-8(6-16)5-13-14-11/h2-6H,1H3,(H,13,14). The van der Waals surface area contributed by atoms with Crippen molar-refractivity contribution in [2.75, 3.05) is 0 Å². The van der Waals surface area contributed by atoms with Gasteiger partial charge in [-0.3, -0.25) is 14.5 Å². The van der Waals surface area contributed by atoms with Crippen molar-refractivity contribution in [3.8, 4) is 11.3 Å². The molecule has 2 heterocycles. The maximum absolute atomic E-state index is 11.4. The van der Waals surface area contributed by atoms with Gasteiger partial charge in [-0.25, -0.2) is 4.79 Å². The number of hydrogen-bond acceptors (Lipinski definition) is 4. The van der Waals surface area contributed by atoms with Gasteiger partial charge in [-0.1, -0.05) is 6.07 Å². The third-order valence-corrected chi connectivity index (χ3v) is 2.88. The number of rotatable bonds is 2. The highest BCUT2D eigenvalue weighted by Gasteiger charge is 2.11. The number of H-pyrrole nitrogens is 1. The first-order valence-electron chi connectivity index (χ1n) is 5.29. The molecule has 0 spiro atoms. The van der Waals surface area contributed by atoms with Gasteiger partial charge in [-0.15, -0.1) is 0 Å². The number of fused-ring (bicyclic) bond motifs is 1. The number of hydrogen-bond donors (Lipinski definition) is 1. The average Bonchev–Trinajstić information content (AvgIpc) is 2.95. The highest BCUT2D eigenvalue weighted by atomic mass is 16.4. The van der Waals surface area contributed by atoms with Crippen molar-refractivity contribution in [3.05, 3.63) is 40.5 Å². The number of oxazole rings is 1. The van der Waals surface area contributed by atoms with Crippen molar-refractivity contribution in [2.45, 2.75) is 0 Å². The fourth-order valence-electron chi connectivity index (χ4n) is 1.91. The van der Waals surface area contributed by atoms with E-state index in [9.17, 15) is 9.59 Å². The van der Waals surface area contributed by atoms with Crippen LogP contribution in [0, 0.1) is 0 Å². The molecule has 90 valence electrons. The molecule has 3 rings (SSSR count). The Morgan fingerprint density at radius 2 is 2.28 bits per heavy atom. The van der Waals surface area contributed by atoms with E-state index in [0.717, 1.165) is 11.8 Å². The molecule has 0 amide bonds. The topological polar surface area (TPSA) is 80.9 Å². The average molecular weight is 243 g/mol. The lowest BCUT2D eigenvalue weighted by Crippen LogP contribution is -2.08. The number of carbonyl (C=O) groups excluding carboxylic acids is 1. The van der Waals surface area contributed by atoms with Gasteiger partial charge < -0.3 is 4.42 Å². The van der Waals surface area contributed by atoms with Gasteiger partial charge >= 0.3 is 5.76 Å². The summed E-state index contributed by atoms with van der Waals surface area (Å²) < 4.78 is 6.52. The summed E-state index contributed by atoms with van der Waals surface area (Å²) in [7, 11) is 1.64. The molecule has 0 atom stereocenters. The summed E-state index contributed by atoms with van der Waals surface area (Å²) in [6.07, 6.45) is 2.18. The van der Waals surface area contributed by atoms with Crippen LogP contribution in [-0.2, 0) is 7.05 Å². The molecule has 1 aromatic carbocycles. The zero-order valence-electron chi connectivity index (χ0n) is 9.51. The number of aldehydes is 1. The van der Waals surface area contributed by atoms with Crippen LogP contribution in [0.4, 0.5) is 0 Å². The molecular weight excluding hydrogens is 234 g/mol. The smallest absolute Gasteiger partial charge is 0.408 e. The molecule has 2 aromatic heterocycles. The van der Waals surface area contributed by atoms with E-state index in [1.807, 2.05) is 0 Å². The number of nitrogens with zero attached hydrogens (tertiary/aromatic N) is 2. The number of aromatic nitrogens is 3. The van der Waals surface area contributed by atoms with Crippen molar-refractivity contribution in [2.24, 2.45) is 7.05 Å². The quantitative estimate of drug-likeness (QED) is 0.688. The Kier molecular flexibility index (Phi) is 2.16. The number of aromatic amines is 1. The number of benzene rings is 1. The van der Waals surface area contributed by atoms with Gasteiger partial charge in [-0.05, 0) is 12.1 Å². The van der Waals surface area contributed by atoms with Crippen LogP contribution in [0.1, 0.15) is 10.4 Å². The first-order chi connectivity index (χ1) is 8.70. The molecule has 0 unspecified atom stereocenters. The molecular formula is C12H9N3O3. The highest BCUT2D eigenvalue weighted by molar-refractivity contribution is 5.88. The Morgan fingerprint density at radius 1 is 1.44 bits per heavy atom. The Morgan fingerprint density at radius 3 is 3.06 bits per heavy atom. The molecule has 3 aromatic rings. The second kappa shape index (κ2) is 3.69. The largest absolute Gasteiger partial charge is 0.419 e. The molecule has 0 aliphatic rings. The summed E-state index contributed by atoms with van der Waals surface area (Å²) in [5.41, 5.74) is 3.00. The molecule has 6 heteroatoms. The van der Waals surface area contributed by atoms with Gasteiger partial charge in [0.25, 0.3) is 0 Å². The monoisotopic (exact) mass is 243 g/mol. The molecule has 18 heavy (non-hydrogen) atoms. The van der Waals surface area contributed by atoms with Crippen molar-refractivity contribution >= 4 is 17.4 Å². The van der Waals surface area contributed by atoms with Crippen LogP contribution >= 0.6 is 0 Å². The number of carbonyl (C=O) groups is 1. The minimum Gasteiger partial charge on any atom is -0.408 e. The zero-order chi connectivity index (χ0) is 12.7. The summed E-state index contributed by atoms with van der Waals surface area (Å²) in [4.78, 5) is 22.2. The summed E-state index contributed by atoms with van der Waals surface area (Å²) in [5.74, 6) is -0.414. The van der Waals surface area contributed by atoms with Gasteiger partial charge in [0.1, 0.15) is 0 Å². The molecule has 0 saturated heterocycles. The van der Waals surface area contributed by atoms with Crippen LogP contribution in [0.5, 0.6) is 0 Å². The number of aryl methyl sites for hydroxylation is 1. The fourth-order valence-corrected chi connectivity index (χ4v) is 1.91. The van der Waals surface area contributed by atoms with Gasteiger partial charge in [0.15, 0.2) is 11.9 Å². The van der Waals surface area contributed by atoms with E-state index < -0.39 is 5.76 Å². The van der Waals surface area contributed by atoms with Crippen molar-refractivity contribution in [1.29, 1.82) is 0 Å². The molecule has 0 fully saturated rings. The van der Waals surface area contributed by atoms with E-state index >= 15 is 0 Å². The fraction of sp³-hybridized carbons (Fsp3) is 0.0833. The Labute approximate surface area is 101 Å². The molecule has 0 radical (unpaired) electrons. The summed E-state index contributed by atoms with van der Waals surface area (Å²) in [5, 5.41) is 6.57. The molecule has 0 aliphatic carbocycles. The lowest BCUT2D eigenvalue weighted by atomic mass is 10.1. The molecule has 0 bridgehead atoms. The van der Waals surface area contributed by atoms with Crippen molar-refractivity contribution < 1.29 is 9.21 Å². The minimum atomic E-state index is -0.414. The minimum absolute atomic E-state index is 0.414. The molecule has 1 N–H and O–H groups in total. The van der Waals surface area contributed by atoms with Gasteiger partial charge in [0.05, 0.1) is 23.0 Å². The van der Waals surface area contributed by atoms with Crippen LogP contribution in [0.2, 0.25) is 0 Å². The van der Waals surface area contributed by atoms with Crippen LogP contribution < -0.4 is 5.76 Å². The predicted molar refractivity (Wildman–Crippen MR) is 64.4 cm³/mol.